The number of nitrogens with one attached hydrogen (secondary N) is 1. The maximum Gasteiger partial charge on any atom is 0.0518 e. The Labute approximate surface area is 97.7 Å². The monoisotopic (exact) mass is 235 g/mol. The lowest BCUT2D eigenvalue weighted by Gasteiger charge is -2.24. The van der Waals surface area contributed by atoms with E-state index in [2.05, 4.69) is 11.6 Å². The first-order valence-electron chi connectivity index (χ1n) is 5.60. The maximum atomic E-state index is 9.06. The molecule has 0 heterocycles. The van der Waals surface area contributed by atoms with Crippen molar-refractivity contribution in [2.75, 3.05) is 38.3 Å². The zero-order chi connectivity index (χ0) is 11.6. The van der Waals surface area contributed by atoms with E-state index in [0.29, 0.717) is 6.54 Å². The Balaban J connectivity index is 3.29. The van der Waals surface area contributed by atoms with Gasteiger partial charge in [-0.05, 0) is 31.4 Å². The highest BCUT2D eigenvalue weighted by Crippen LogP contribution is 2.11. The Hall–Kier alpha value is 0.230. The summed E-state index contributed by atoms with van der Waals surface area (Å²) in [7, 11) is 0. The second kappa shape index (κ2) is 9.46. The van der Waals surface area contributed by atoms with E-state index in [1.165, 1.54) is 25.0 Å². The summed E-state index contributed by atoms with van der Waals surface area (Å²) in [5.74, 6) is 1.24. The molecular formula is C11H25NO2S. The van der Waals surface area contributed by atoms with E-state index in [1.54, 1.807) is 0 Å². The molecule has 0 aromatic heterocycles. The second-order valence-corrected chi connectivity index (χ2v) is 5.34. The number of rotatable bonds is 10. The largest absolute Gasteiger partial charge is 0.396 e. The summed E-state index contributed by atoms with van der Waals surface area (Å²) in [5.41, 5.74) is -0.376. The van der Waals surface area contributed by atoms with Crippen LogP contribution in [0.15, 0.2) is 0 Å². The van der Waals surface area contributed by atoms with Gasteiger partial charge in [-0.15, -0.1) is 0 Å². The molecule has 0 saturated carbocycles. The van der Waals surface area contributed by atoms with Gasteiger partial charge < -0.3 is 15.5 Å². The van der Waals surface area contributed by atoms with E-state index in [9.17, 15) is 0 Å². The minimum atomic E-state index is -0.376. The smallest absolute Gasteiger partial charge is 0.0518 e. The zero-order valence-corrected chi connectivity index (χ0v) is 10.8. The molecule has 0 aromatic rings. The number of unbranched alkanes of at least 4 members (excludes halogenated alkanes) is 2. The minimum Gasteiger partial charge on any atom is -0.396 e. The van der Waals surface area contributed by atoms with Crippen molar-refractivity contribution >= 4 is 11.8 Å². The molecular weight excluding hydrogens is 210 g/mol. The first kappa shape index (κ1) is 15.2. The van der Waals surface area contributed by atoms with Crippen LogP contribution in [0, 0.1) is 5.41 Å². The van der Waals surface area contributed by atoms with E-state index >= 15 is 0 Å². The third kappa shape index (κ3) is 8.08. The highest BCUT2D eigenvalue weighted by atomic mass is 32.2. The number of hydrogen-bond donors (Lipinski definition) is 3. The molecule has 0 aliphatic heterocycles. The zero-order valence-electron chi connectivity index (χ0n) is 9.96. The first-order chi connectivity index (χ1) is 7.18. The molecule has 3 N–H and O–H groups in total. The first-order valence-corrected chi connectivity index (χ1v) is 6.99. The topological polar surface area (TPSA) is 52.5 Å². The predicted molar refractivity (Wildman–Crippen MR) is 67.4 cm³/mol. The maximum absolute atomic E-state index is 9.06. The van der Waals surface area contributed by atoms with Crippen LogP contribution in [0.4, 0.5) is 0 Å². The molecule has 0 spiro atoms. The summed E-state index contributed by atoms with van der Waals surface area (Å²) in [4.78, 5) is 0. The van der Waals surface area contributed by atoms with Gasteiger partial charge in [-0.2, -0.15) is 11.8 Å². The van der Waals surface area contributed by atoms with Crippen LogP contribution < -0.4 is 5.32 Å². The summed E-state index contributed by atoms with van der Waals surface area (Å²) in [5, 5.41) is 21.4. The molecule has 0 aliphatic rings. The molecule has 0 aliphatic carbocycles. The second-order valence-electron chi connectivity index (χ2n) is 4.36. The third-order valence-electron chi connectivity index (χ3n) is 2.52. The van der Waals surface area contributed by atoms with E-state index < -0.39 is 0 Å². The highest BCUT2D eigenvalue weighted by Gasteiger charge is 2.21. The molecule has 0 radical (unpaired) electrons. The van der Waals surface area contributed by atoms with E-state index in [-0.39, 0.29) is 18.6 Å². The van der Waals surface area contributed by atoms with E-state index in [4.69, 9.17) is 10.2 Å². The number of aliphatic hydroxyl groups is 2. The molecule has 0 rings (SSSR count). The fourth-order valence-electron chi connectivity index (χ4n) is 1.23. The Kier molecular flexibility index (Phi) is 9.60. The van der Waals surface area contributed by atoms with Gasteiger partial charge in [0, 0.05) is 12.0 Å². The molecule has 15 heavy (non-hydrogen) atoms. The summed E-state index contributed by atoms with van der Waals surface area (Å²) in [6.07, 6.45) is 5.84. The molecule has 0 amide bonds. The Morgan fingerprint density at radius 3 is 2.33 bits per heavy atom. The van der Waals surface area contributed by atoms with Crippen LogP contribution in [0.5, 0.6) is 0 Å². The van der Waals surface area contributed by atoms with Crippen LogP contribution in [0.2, 0.25) is 0 Å². The lowest BCUT2D eigenvalue weighted by atomic mass is 9.93. The van der Waals surface area contributed by atoms with Gasteiger partial charge >= 0.3 is 0 Å². The SMILES string of the molecule is CSCCCCCNCC(C)(CO)CO. The van der Waals surface area contributed by atoms with Crippen LogP contribution >= 0.6 is 11.8 Å². The van der Waals surface area contributed by atoms with Gasteiger partial charge in [-0.3, -0.25) is 0 Å². The Morgan fingerprint density at radius 1 is 1.13 bits per heavy atom. The third-order valence-corrected chi connectivity index (χ3v) is 3.21. The average molecular weight is 235 g/mol. The molecule has 0 aromatic carbocycles. The highest BCUT2D eigenvalue weighted by molar-refractivity contribution is 7.98. The molecule has 0 atom stereocenters. The Bertz CT molecular complexity index is 141. The van der Waals surface area contributed by atoms with Gasteiger partial charge in [-0.1, -0.05) is 13.3 Å². The molecule has 3 nitrogen and oxygen atoms in total. The van der Waals surface area contributed by atoms with Gasteiger partial charge in [-0.25, -0.2) is 0 Å². The lowest BCUT2D eigenvalue weighted by Crippen LogP contribution is -2.38. The van der Waals surface area contributed by atoms with Crippen molar-refractivity contribution in [3.8, 4) is 0 Å². The quantitative estimate of drug-likeness (QED) is 0.496. The van der Waals surface area contributed by atoms with Gasteiger partial charge in [0.05, 0.1) is 13.2 Å². The van der Waals surface area contributed by atoms with Gasteiger partial charge in [0.15, 0.2) is 0 Å². The van der Waals surface area contributed by atoms with Crippen LogP contribution in [-0.4, -0.2) is 48.5 Å². The number of hydrogen-bond acceptors (Lipinski definition) is 4. The molecule has 0 unspecified atom stereocenters. The molecule has 0 fully saturated rings. The van der Waals surface area contributed by atoms with Crippen LogP contribution in [-0.2, 0) is 0 Å². The fourth-order valence-corrected chi connectivity index (χ4v) is 1.72. The average Bonchev–Trinajstić information content (AvgIpc) is 2.27. The predicted octanol–water partition coefficient (Wildman–Crippen LogP) is 1.10. The van der Waals surface area contributed by atoms with Gasteiger partial charge in [0.2, 0.25) is 0 Å². The summed E-state index contributed by atoms with van der Waals surface area (Å²) < 4.78 is 0. The normalized spacial score (nSPS) is 12.0. The van der Waals surface area contributed by atoms with Crippen molar-refractivity contribution < 1.29 is 10.2 Å². The van der Waals surface area contributed by atoms with E-state index in [0.717, 1.165) is 6.54 Å². The van der Waals surface area contributed by atoms with Crippen LogP contribution in [0.3, 0.4) is 0 Å². The summed E-state index contributed by atoms with van der Waals surface area (Å²) in [6, 6.07) is 0. The van der Waals surface area contributed by atoms with Crippen molar-refractivity contribution in [1.29, 1.82) is 0 Å². The van der Waals surface area contributed by atoms with Gasteiger partial charge in [0.1, 0.15) is 0 Å². The van der Waals surface area contributed by atoms with Gasteiger partial charge in [0.25, 0.3) is 0 Å². The minimum absolute atomic E-state index is 0.0307. The van der Waals surface area contributed by atoms with Crippen LogP contribution in [0.25, 0.3) is 0 Å². The van der Waals surface area contributed by atoms with Crippen molar-refractivity contribution in [2.24, 2.45) is 5.41 Å². The summed E-state index contributed by atoms with van der Waals surface area (Å²) in [6.45, 7) is 3.60. The number of aliphatic hydroxyl groups excluding tert-OH is 2. The van der Waals surface area contributed by atoms with E-state index in [1.807, 2.05) is 18.7 Å². The molecule has 4 heteroatoms. The fraction of sp³-hybridized carbons (Fsp3) is 1.00. The summed E-state index contributed by atoms with van der Waals surface area (Å²) >= 11 is 1.89. The lowest BCUT2D eigenvalue weighted by molar-refractivity contribution is 0.0698. The molecule has 92 valence electrons. The molecule has 0 bridgehead atoms. The van der Waals surface area contributed by atoms with Crippen molar-refractivity contribution in [3.05, 3.63) is 0 Å². The van der Waals surface area contributed by atoms with Crippen molar-refractivity contribution in [3.63, 3.8) is 0 Å². The van der Waals surface area contributed by atoms with Crippen LogP contribution in [0.1, 0.15) is 26.2 Å². The molecule has 0 saturated heterocycles. The van der Waals surface area contributed by atoms with Crippen molar-refractivity contribution in [1.82, 2.24) is 5.32 Å². The standard InChI is InChI=1S/C11H25NO2S/c1-11(9-13,10-14)8-12-6-4-3-5-7-15-2/h12-14H,3-10H2,1-2H3. The number of thioether (sulfide) groups is 1. The Morgan fingerprint density at radius 2 is 1.80 bits per heavy atom. The van der Waals surface area contributed by atoms with Crippen molar-refractivity contribution in [2.45, 2.75) is 26.2 Å².